The van der Waals surface area contributed by atoms with E-state index in [1.54, 1.807) is 20.0 Å². The summed E-state index contributed by atoms with van der Waals surface area (Å²) >= 11 is 0. The number of carbonyl (C=O) groups is 1. The van der Waals surface area contributed by atoms with E-state index in [9.17, 15) is 9.90 Å². The highest BCUT2D eigenvalue weighted by Crippen LogP contribution is 2.29. The molecule has 0 amide bonds. The number of carbonyl (C=O) groups excluding carboxylic acids is 1. The number of hydrogen-bond donors (Lipinski definition) is 2. The molecule has 5 heteroatoms. The highest BCUT2D eigenvalue weighted by molar-refractivity contribution is 6.05. The summed E-state index contributed by atoms with van der Waals surface area (Å²) in [6, 6.07) is 5.90. The molecule has 1 atom stereocenters. The van der Waals surface area contributed by atoms with Crippen molar-refractivity contribution in [1.29, 1.82) is 0 Å². The summed E-state index contributed by atoms with van der Waals surface area (Å²) in [5.74, 6) is -0.410. The molecule has 0 fully saturated rings. The maximum atomic E-state index is 12.1. The van der Waals surface area contributed by atoms with E-state index >= 15 is 0 Å². The number of benzene rings is 1. The number of pyridine rings is 1. The number of aromatic nitrogens is 1. The average molecular weight is 302 g/mol. The number of fused-ring (bicyclic) bond motifs is 1. The van der Waals surface area contributed by atoms with Crippen molar-refractivity contribution in [2.45, 2.75) is 33.3 Å². The molecule has 2 rings (SSSR count). The van der Waals surface area contributed by atoms with Gasteiger partial charge in [0.25, 0.3) is 0 Å². The van der Waals surface area contributed by atoms with Gasteiger partial charge in [0.1, 0.15) is 5.56 Å². The van der Waals surface area contributed by atoms with Crippen LogP contribution in [-0.2, 0) is 11.2 Å². The molecule has 5 nitrogen and oxygen atoms in total. The number of anilines is 1. The van der Waals surface area contributed by atoms with Gasteiger partial charge in [-0.3, -0.25) is 4.98 Å². The average Bonchev–Trinajstić information content (AvgIpc) is 2.51. The first-order valence-electron chi connectivity index (χ1n) is 7.58. The van der Waals surface area contributed by atoms with E-state index in [0.29, 0.717) is 24.4 Å². The van der Waals surface area contributed by atoms with Crippen LogP contribution < -0.4 is 5.32 Å². The van der Waals surface area contributed by atoms with Crippen LogP contribution in [0.15, 0.2) is 24.4 Å². The topological polar surface area (TPSA) is 71.5 Å². The third-order valence-corrected chi connectivity index (χ3v) is 3.43. The minimum Gasteiger partial charge on any atom is -0.462 e. The molecule has 0 aliphatic rings. The standard InChI is InChI=1S/C17H22N2O3/c1-4-12-7-6-8-13-15(12)19-10-14(17(21)22-5-2)16(13)18-9-11(3)20/h6-8,10-11,20H,4-5,9H2,1-3H3,(H,18,19)/t11-/m0/s1. The van der Waals surface area contributed by atoms with Crippen LogP contribution >= 0.6 is 0 Å². The molecule has 0 aliphatic heterocycles. The summed E-state index contributed by atoms with van der Waals surface area (Å²) < 4.78 is 5.10. The van der Waals surface area contributed by atoms with Crippen LogP contribution in [0.25, 0.3) is 10.9 Å². The second kappa shape index (κ2) is 7.22. The number of ether oxygens (including phenoxy) is 1. The van der Waals surface area contributed by atoms with Crippen LogP contribution in [0, 0.1) is 0 Å². The Bertz CT molecular complexity index is 668. The summed E-state index contributed by atoms with van der Waals surface area (Å²) in [6.07, 6.45) is 1.88. The molecule has 22 heavy (non-hydrogen) atoms. The molecule has 2 N–H and O–H groups in total. The largest absolute Gasteiger partial charge is 0.462 e. The van der Waals surface area contributed by atoms with Gasteiger partial charge < -0.3 is 15.2 Å². The summed E-state index contributed by atoms with van der Waals surface area (Å²) in [6.45, 7) is 6.19. The number of aliphatic hydroxyl groups is 1. The fourth-order valence-corrected chi connectivity index (χ4v) is 2.37. The fourth-order valence-electron chi connectivity index (χ4n) is 2.37. The molecular formula is C17H22N2O3. The van der Waals surface area contributed by atoms with E-state index < -0.39 is 12.1 Å². The first-order valence-corrected chi connectivity index (χ1v) is 7.58. The lowest BCUT2D eigenvalue weighted by atomic mass is 10.0. The minimum absolute atomic E-state index is 0.307. The Labute approximate surface area is 130 Å². The van der Waals surface area contributed by atoms with Crippen molar-refractivity contribution in [3.63, 3.8) is 0 Å². The maximum absolute atomic E-state index is 12.1. The molecule has 0 aliphatic carbocycles. The van der Waals surface area contributed by atoms with E-state index in [0.717, 1.165) is 22.9 Å². The highest BCUT2D eigenvalue weighted by Gasteiger charge is 2.17. The molecule has 0 unspecified atom stereocenters. The Morgan fingerprint density at radius 2 is 2.18 bits per heavy atom. The van der Waals surface area contributed by atoms with Gasteiger partial charge in [-0.05, 0) is 25.8 Å². The van der Waals surface area contributed by atoms with Crippen molar-refractivity contribution in [2.24, 2.45) is 0 Å². The second-order valence-electron chi connectivity index (χ2n) is 5.16. The molecule has 0 spiro atoms. The molecule has 1 aromatic carbocycles. The van der Waals surface area contributed by atoms with Crippen molar-refractivity contribution < 1.29 is 14.6 Å². The van der Waals surface area contributed by atoms with Crippen LogP contribution in [-0.4, -0.2) is 35.3 Å². The van der Waals surface area contributed by atoms with Crippen molar-refractivity contribution in [1.82, 2.24) is 4.98 Å². The van der Waals surface area contributed by atoms with Crippen LogP contribution in [0.2, 0.25) is 0 Å². The van der Waals surface area contributed by atoms with Gasteiger partial charge >= 0.3 is 5.97 Å². The monoisotopic (exact) mass is 302 g/mol. The lowest BCUT2D eigenvalue weighted by Gasteiger charge is -2.16. The summed E-state index contributed by atoms with van der Waals surface area (Å²) in [7, 11) is 0. The zero-order chi connectivity index (χ0) is 16.1. The van der Waals surface area contributed by atoms with Gasteiger partial charge in [-0.15, -0.1) is 0 Å². The summed E-state index contributed by atoms with van der Waals surface area (Å²) in [5, 5.41) is 13.5. The number of nitrogens with one attached hydrogen (secondary N) is 1. The molecule has 1 aromatic heterocycles. The second-order valence-corrected chi connectivity index (χ2v) is 5.16. The SMILES string of the molecule is CCOC(=O)c1cnc2c(CC)cccc2c1NC[C@H](C)O. The lowest BCUT2D eigenvalue weighted by Crippen LogP contribution is -2.18. The zero-order valence-electron chi connectivity index (χ0n) is 13.2. The summed E-state index contributed by atoms with van der Waals surface area (Å²) in [5.41, 5.74) is 3.04. The molecular weight excluding hydrogens is 280 g/mol. The fraction of sp³-hybridized carbons (Fsp3) is 0.412. The molecule has 0 bridgehead atoms. The third-order valence-electron chi connectivity index (χ3n) is 3.43. The van der Waals surface area contributed by atoms with Gasteiger partial charge in [-0.2, -0.15) is 0 Å². The van der Waals surface area contributed by atoms with Gasteiger partial charge in [0.05, 0.1) is 23.9 Å². The van der Waals surface area contributed by atoms with Crippen molar-refractivity contribution in [3.05, 3.63) is 35.5 Å². The van der Waals surface area contributed by atoms with E-state index in [1.165, 1.54) is 0 Å². The van der Waals surface area contributed by atoms with Crippen molar-refractivity contribution in [2.75, 3.05) is 18.5 Å². The van der Waals surface area contributed by atoms with Gasteiger partial charge in [0, 0.05) is 18.1 Å². The number of hydrogen-bond acceptors (Lipinski definition) is 5. The van der Waals surface area contributed by atoms with Gasteiger partial charge in [0.15, 0.2) is 0 Å². The Morgan fingerprint density at radius 1 is 1.41 bits per heavy atom. The number of nitrogens with zero attached hydrogens (tertiary/aromatic N) is 1. The predicted octanol–water partition coefficient (Wildman–Crippen LogP) is 2.77. The molecule has 0 saturated heterocycles. The van der Waals surface area contributed by atoms with E-state index in [2.05, 4.69) is 17.2 Å². The van der Waals surface area contributed by atoms with Crippen LogP contribution in [0.3, 0.4) is 0 Å². The van der Waals surface area contributed by atoms with Crippen molar-refractivity contribution >= 4 is 22.6 Å². The maximum Gasteiger partial charge on any atom is 0.341 e. The molecule has 0 radical (unpaired) electrons. The van der Waals surface area contributed by atoms with E-state index in [4.69, 9.17) is 4.74 Å². The molecule has 118 valence electrons. The van der Waals surface area contributed by atoms with Crippen LogP contribution in [0.1, 0.15) is 36.7 Å². The van der Waals surface area contributed by atoms with Crippen LogP contribution in [0.5, 0.6) is 0 Å². The Morgan fingerprint density at radius 3 is 2.82 bits per heavy atom. The number of aryl methyl sites for hydroxylation is 1. The Hall–Kier alpha value is -2.14. The third kappa shape index (κ3) is 3.36. The lowest BCUT2D eigenvalue weighted by molar-refractivity contribution is 0.0527. The smallest absolute Gasteiger partial charge is 0.341 e. The van der Waals surface area contributed by atoms with Crippen molar-refractivity contribution in [3.8, 4) is 0 Å². The first kappa shape index (κ1) is 16.2. The first-order chi connectivity index (χ1) is 10.6. The molecule has 1 heterocycles. The van der Waals surface area contributed by atoms with E-state index in [-0.39, 0.29) is 0 Å². The Balaban J connectivity index is 2.59. The van der Waals surface area contributed by atoms with E-state index in [1.807, 2.05) is 18.2 Å². The zero-order valence-corrected chi connectivity index (χ0v) is 13.2. The number of aliphatic hydroxyl groups excluding tert-OH is 1. The number of para-hydroxylation sites is 1. The normalized spacial score (nSPS) is 12.2. The van der Waals surface area contributed by atoms with Gasteiger partial charge in [0.2, 0.25) is 0 Å². The highest BCUT2D eigenvalue weighted by atomic mass is 16.5. The minimum atomic E-state index is -0.521. The van der Waals surface area contributed by atoms with Gasteiger partial charge in [-0.25, -0.2) is 4.79 Å². The quantitative estimate of drug-likeness (QED) is 0.803. The molecule has 0 saturated carbocycles. The molecule has 2 aromatic rings. The number of rotatable bonds is 6. The van der Waals surface area contributed by atoms with Gasteiger partial charge in [-0.1, -0.05) is 25.1 Å². The number of esters is 1. The van der Waals surface area contributed by atoms with Crippen LogP contribution in [0.4, 0.5) is 5.69 Å². The Kier molecular flexibility index (Phi) is 5.33. The summed E-state index contributed by atoms with van der Waals surface area (Å²) in [4.78, 5) is 16.6. The predicted molar refractivity (Wildman–Crippen MR) is 87.2 cm³/mol.